The monoisotopic (exact) mass is 322 g/mol. The van der Waals surface area contributed by atoms with E-state index in [0.717, 1.165) is 18.4 Å². The number of halogens is 5. The third-order valence-corrected chi connectivity index (χ3v) is 3.92. The summed E-state index contributed by atoms with van der Waals surface area (Å²) < 4.78 is 90.1. The predicted molar refractivity (Wildman–Crippen MR) is 64.8 cm³/mol. The molecule has 2 nitrogen and oxygen atoms in total. The predicted octanol–water partition coefficient (Wildman–Crippen LogP) is 3.45. The van der Waals surface area contributed by atoms with Gasteiger partial charge in [-0.3, -0.25) is 0 Å². The lowest BCUT2D eigenvalue weighted by atomic mass is 10.0. The van der Waals surface area contributed by atoms with E-state index in [-0.39, 0.29) is 0 Å². The lowest BCUT2D eigenvalue weighted by molar-refractivity contribution is 0.381. The van der Waals surface area contributed by atoms with E-state index in [1.165, 1.54) is 12.1 Å². The summed E-state index contributed by atoms with van der Waals surface area (Å²) in [5.74, 6) is -10.7. The third kappa shape index (κ3) is 2.51. The van der Waals surface area contributed by atoms with Gasteiger partial charge >= 0.3 is 0 Å². The Balaban J connectivity index is 2.94. The fourth-order valence-electron chi connectivity index (χ4n) is 1.84. The van der Waals surface area contributed by atoms with Crippen LogP contribution in [-0.4, -0.2) is 14.7 Å². The molecule has 2 aromatic carbocycles. The van der Waals surface area contributed by atoms with Gasteiger partial charge in [-0.15, -0.1) is 0 Å². The molecule has 0 saturated heterocycles. The van der Waals surface area contributed by atoms with Gasteiger partial charge in [-0.25, -0.2) is 30.4 Å². The highest BCUT2D eigenvalue weighted by atomic mass is 32.2. The molecular weight excluding hydrogens is 315 g/mol. The van der Waals surface area contributed by atoms with Crippen LogP contribution in [0.3, 0.4) is 0 Å². The molecule has 0 amide bonds. The quantitative estimate of drug-likeness (QED) is 0.482. The first kappa shape index (κ1) is 15.4. The van der Waals surface area contributed by atoms with Gasteiger partial charge in [0.05, 0.1) is 10.5 Å². The van der Waals surface area contributed by atoms with Gasteiger partial charge < -0.3 is 0 Å². The Morgan fingerprint density at radius 2 is 1.19 bits per heavy atom. The summed E-state index contributed by atoms with van der Waals surface area (Å²) in [4.78, 5) is -0.534. The fraction of sp³-hybridized carbons (Fsp3) is 0.0769. The van der Waals surface area contributed by atoms with E-state index in [1.807, 2.05) is 0 Å². The maximum atomic E-state index is 13.7. The summed E-state index contributed by atoms with van der Waals surface area (Å²) in [6, 6.07) is 4.48. The van der Waals surface area contributed by atoms with E-state index in [9.17, 15) is 30.4 Å². The Labute approximate surface area is 116 Å². The van der Waals surface area contributed by atoms with Gasteiger partial charge in [-0.2, -0.15) is 0 Å². The van der Waals surface area contributed by atoms with Crippen LogP contribution in [0.15, 0.2) is 29.2 Å². The van der Waals surface area contributed by atoms with E-state index >= 15 is 0 Å². The average Bonchev–Trinajstić information content (AvgIpc) is 2.43. The van der Waals surface area contributed by atoms with Crippen molar-refractivity contribution in [2.75, 3.05) is 6.26 Å². The van der Waals surface area contributed by atoms with Crippen molar-refractivity contribution in [3.63, 3.8) is 0 Å². The largest absolute Gasteiger partial charge is 0.224 e. The SMILES string of the molecule is CS(=O)(=O)c1ccccc1-c1c(F)c(F)c(F)c(F)c1F. The molecule has 21 heavy (non-hydrogen) atoms. The van der Waals surface area contributed by atoms with Crippen LogP contribution in [0, 0.1) is 29.1 Å². The second-order valence-corrected chi connectivity index (χ2v) is 6.20. The summed E-state index contributed by atoms with van der Waals surface area (Å²) >= 11 is 0. The van der Waals surface area contributed by atoms with Gasteiger partial charge in [-0.05, 0) is 6.07 Å². The zero-order valence-corrected chi connectivity index (χ0v) is 11.2. The van der Waals surface area contributed by atoms with Crippen molar-refractivity contribution in [2.24, 2.45) is 0 Å². The molecule has 0 fully saturated rings. The van der Waals surface area contributed by atoms with Crippen molar-refractivity contribution in [1.29, 1.82) is 0 Å². The third-order valence-electron chi connectivity index (χ3n) is 2.77. The molecule has 0 aromatic heterocycles. The van der Waals surface area contributed by atoms with E-state index in [1.54, 1.807) is 0 Å². The van der Waals surface area contributed by atoms with Crippen molar-refractivity contribution in [2.45, 2.75) is 4.90 Å². The smallest absolute Gasteiger partial charge is 0.200 e. The summed E-state index contributed by atoms with van der Waals surface area (Å²) in [7, 11) is -3.92. The van der Waals surface area contributed by atoms with Crippen LogP contribution in [0.4, 0.5) is 22.0 Å². The Kier molecular flexibility index (Phi) is 3.75. The molecule has 0 bridgehead atoms. The van der Waals surface area contributed by atoms with Crippen LogP contribution in [0.25, 0.3) is 11.1 Å². The van der Waals surface area contributed by atoms with Crippen molar-refractivity contribution < 1.29 is 30.4 Å². The Bertz CT molecular complexity index is 802. The normalized spacial score (nSPS) is 11.7. The highest BCUT2D eigenvalue weighted by Crippen LogP contribution is 2.35. The van der Waals surface area contributed by atoms with Crippen molar-refractivity contribution in [3.8, 4) is 11.1 Å². The molecule has 0 aliphatic carbocycles. The van der Waals surface area contributed by atoms with Crippen LogP contribution in [0.5, 0.6) is 0 Å². The van der Waals surface area contributed by atoms with Crippen LogP contribution in [0.1, 0.15) is 0 Å². The van der Waals surface area contributed by atoms with Crippen LogP contribution in [0.2, 0.25) is 0 Å². The molecule has 0 heterocycles. The van der Waals surface area contributed by atoms with Crippen LogP contribution < -0.4 is 0 Å². The van der Waals surface area contributed by atoms with Gasteiger partial charge in [0.25, 0.3) is 0 Å². The molecule has 0 radical (unpaired) electrons. The lowest BCUT2D eigenvalue weighted by Crippen LogP contribution is -2.07. The van der Waals surface area contributed by atoms with Gasteiger partial charge in [-0.1, -0.05) is 18.2 Å². The topological polar surface area (TPSA) is 34.1 Å². The minimum Gasteiger partial charge on any atom is -0.224 e. The van der Waals surface area contributed by atoms with Crippen molar-refractivity contribution in [1.82, 2.24) is 0 Å². The van der Waals surface area contributed by atoms with Gasteiger partial charge in [0.1, 0.15) is 0 Å². The Morgan fingerprint density at radius 3 is 1.67 bits per heavy atom. The first-order valence-corrected chi connectivity index (χ1v) is 7.36. The Morgan fingerprint density at radius 1 is 0.762 bits per heavy atom. The summed E-state index contributed by atoms with van der Waals surface area (Å²) in [6.07, 6.45) is 0.762. The standard InChI is InChI=1S/C13H7F5O2S/c1-21(19,20)7-5-3-2-4-6(7)8-9(14)11(16)13(18)12(17)10(8)15/h2-5H,1H3. The highest BCUT2D eigenvalue weighted by molar-refractivity contribution is 7.90. The number of hydrogen-bond acceptors (Lipinski definition) is 2. The molecule has 0 atom stereocenters. The number of benzene rings is 2. The molecule has 2 rings (SSSR count). The number of hydrogen-bond donors (Lipinski definition) is 0. The van der Waals surface area contributed by atoms with Crippen LogP contribution in [-0.2, 0) is 9.84 Å². The first-order valence-electron chi connectivity index (χ1n) is 5.47. The van der Waals surface area contributed by atoms with Crippen molar-refractivity contribution in [3.05, 3.63) is 53.4 Å². The molecule has 0 unspecified atom stereocenters. The molecule has 8 heteroatoms. The van der Waals surface area contributed by atoms with E-state index in [4.69, 9.17) is 0 Å². The molecule has 0 saturated carbocycles. The second-order valence-electron chi connectivity index (χ2n) is 4.21. The van der Waals surface area contributed by atoms with Gasteiger partial charge in [0.2, 0.25) is 5.82 Å². The molecule has 112 valence electrons. The molecular formula is C13H7F5O2S. The van der Waals surface area contributed by atoms with E-state index < -0.39 is 54.9 Å². The van der Waals surface area contributed by atoms with Crippen molar-refractivity contribution >= 4 is 9.84 Å². The number of sulfone groups is 1. The maximum absolute atomic E-state index is 13.7. The minimum atomic E-state index is -3.92. The summed E-state index contributed by atoms with van der Waals surface area (Å²) in [6.45, 7) is 0. The zero-order valence-electron chi connectivity index (χ0n) is 10.4. The molecule has 0 aliphatic heterocycles. The van der Waals surface area contributed by atoms with E-state index in [0.29, 0.717) is 0 Å². The summed E-state index contributed by atoms with van der Waals surface area (Å²) in [5.41, 5.74) is -1.86. The lowest BCUT2D eigenvalue weighted by Gasteiger charge is -2.11. The Hall–Kier alpha value is -1.96. The summed E-state index contributed by atoms with van der Waals surface area (Å²) in [5, 5.41) is 0. The first-order chi connectivity index (χ1) is 9.66. The molecule has 2 aromatic rings. The van der Waals surface area contributed by atoms with Crippen LogP contribution >= 0.6 is 0 Å². The minimum absolute atomic E-state index is 0.534. The molecule has 0 spiro atoms. The average molecular weight is 322 g/mol. The molecule has 0 aliphatic rings. The van der Waals surface area contributed by atoms with E-state index in [2.05, 4.69) is 0 Å². The highest BCUT2D eigenvalue weighted by Gasteiger charge is 2.29. The van der Waals surface area contributed by atoms with Gasteiger partial charge in [0, 0.05) is 11.8 Å². The zero-order chi connectivity index (χ0) is 15.9. The van der Waals surface area contributed by atoms with Gasteiger partial charge in [0.15, 0.2) is 33.1 Å². The fourth-order valence-corrected chi connectivity index (χ4v) is 2.73. The maximum Gasteiger partial charge on any atom is 0.200 e. The number of rotatable bonds is 2. The second kappa shape index (κ2) is 5.10. The molecule has 0 N–H and O–H groups in total.